The second-order valence-corrected chi connectivity index (χ2v) is 10.4. The van der Waals surface area contributed by atoms with E-state index in [-0.39, 0.29) is 5.75 Å². The zero-order valence-electron chi connectivity index (χ0n) is 20.1. The van der Waals surface area contributed by atoms with E-state index in [1.807, 2.05) is 4.98 Å². The molecule has 3 rings (SSSR count). The van der Waals surface area contributed by atoms with Crippen LogP contribution in [0, 0.1) is 0 Å². The lowest BCUT2D eigenvalue weighted by Gasteiger charge is -2.25. The fourth-order valence-electron chi connectivity index (χ4n) is 3.47. The molecule has 1 aliphatic heterocycles. The van der Waals surface area contributed by atoms with Crippen molar-refractivity contribution < 1.29 is 37.4 Å². The fourth-order valence-corrected chi connectivity index (χ4v) is 4.97. The standard InChI is InChI=1S/C22H29FN3O9P/c1-13(2)33-19(29)14(3)25-36(31,35-15-8-6-5-7-9-15)32-12-16-18(28)22(4,23)20(34-16)26-11-10-17(27)24-21(26)30/h5-11,13-14,16,18,20,28H,12H2,1-4H3,(H,25,31)(H,24,27,30)/t14-,16+,18-,20+,22-,36-/m0/s1. The van der Waals surface area contributed by atoms with E-state index >= 15 is 4.39 Å². The average molecular weight is 529 g/mol. The predicted molar refractivity (Wildman–Crippen MR) is 125 cm³/mol. The average Bonchev–Trinajstić information content (AvgIpc) is 3.01. The highest BCUT2D eigenvalue weighted by Crippen LogP contribution is 2.47. The predicted octanol–water partition coefficient (Wildman–Crippen LogP) is 1.66. The minimum Gasteiger partial charge on any atom is -0.462 e. The number of benzene rings is 1. The van der Waals surface area contributed by atoms with Gasteiger partial charge >= 0.3 is 19.4 Å². The van der Waals surface area contributed by atoms with Gasteiger partial charge in [0.25, 0.3) is 5.56 Å². The lowest BCUT2D eigenvalue weighted by atomic mass is 9.98. The number of aromatic amines is 1. The molecule has 0 saturated carbocycles. The van der Waals surface area contributed by atoms with Crippen molar-refractivity contribution in [2.45, 2.75) is 63.9 Å². The summed E-state index contributed by atoms with van der Waals surface area (Å²) in [5.41, 5.74) is -4.12. The number of H-pyrrole nitrogens is 1. The molecule has 1 aromatic heterocycles. The molecule has 1 fully saturated rings. The highest BCUT2D eigenvalue weighted by Gasteiger charge is 2.55. The zero-order chi connectivity index (χ0) is 26.7. The number of alkyl halides is 1. The van der Waals surface area contributed by atoms with Crippen LogP contribution in [0.1, 0.15) is 33.9 Å². The Morgan fingerprint density at radius 2 is 1.94 bits per heavy atom. The molecule has 0 amide bonds. The van der Waals surface area contributed by atoms with E-state index in [1.54, 1.807) is 32.0 Å². The third-order valence-corrected chi connectivity index (χ3v) is 6.90. The summed E-state index contributed by atoms with van der Waals surface area (Å²) >= 11 is 0. The number of rotatable bonds is 10. The summed E-state index contributed by atoms with van der Waals surface area (Å²) in [6, 6.07) is 7.86. The summed E-state index contributed by atoms with van der Waals surface area (Å²) in [6.45, 7) is 5.07. The topological polar surface area (TPSA) is 158 Å². The fraction of sp³-hybridized carbons (Fsp3) is 0.500. The van der Waals surface area contributed by atoms with Crippen LogP contribution in [0.15, 0.2) is 52.2 Å². The summed E-state index contributed by atoms with van der Waals surface area (Å²) < 4.78 is 51.4. The number of carbonyl (C=O) groups excluding carboxylic acids is 1. The molecule has 36 heavy (non-hydrogen) atoms. The Labute approximate surface area is 205 Å². The number of nitrogens with zero attached hydrogens (tertiary/aromatic N) is 1. The lowest BCUT2D eigenvalue weighted by molar-refractivity contribution is -0.149. The summed E-state index contributed by atoms with van der Waals surface area (Å²) in [5.74, 6) is -0.560. The maximum absolute atomic E-state index is 15.4. The van der Waals surface area contributed by atoms with Gasteiger partial charge in [-0.3, -0.25) is 23.7 Å². The van der Waals surface area contributed by atoms with Gasteiger partial charge in [0.2, 0.25) is 0 Å². The number of aromatic nitrogens is 2. The molecule has 2 heterocycles. The molecular weight excluding hydrogens is 500 g/mol. The smallest absolute Gasteiger partial charge is 0.459 e. The monoisotopic (exact) mass is 529 g/mol. The maximum atomic E-state index is 15.4. The molecule has 0 aliphatic carbocycles. The quantitative estimate of drug-likeness (QED) is 0.305. The van der Waals surface area contributed by atoms with Crippen LogP contribution in [0.25, 0.3) is 0 Å². The van der Waals surface area contributed by atoms with Gasteiger partial charge in [-0.05, 0) is 39.8 Å². The van der Waals surface area contributed by atoms with Crippen molar-refractivity contribution in [3.8, 4) is 5.75 Å². The Morgan fingerprint density at radius 3 is 2.56 bits per heavy atom. The van der Waals surface area contributed by atoms with Crippen molar-refractivity contribution in [1.82, 2.24) is 14.6 Å². The first-order valence-corrected chi connectivity index (χ1v) is 12.7. The third kappa shape index (κ3) is 6.48. The van der Waals surface area contributed by atoms with Gasteiger partial charge in [-0.1, -0.05) is 18.2 Å². The Balaban J connectivity index is 1.80. The number of hydrogen-bond acceptors (Lipinski definition) is 9. The Kier molecular flexibility index (Phi) is 8.52. The van der Waals surface area contributed by atoms with Gasteiger partial charge in [0.1, 0.15) is 24.0 Å². The van der Waals surface area contributed by atoms with Gasteiger partial charge < -0.3 is 19.1 Å². The van der Waals surface area contributed by atoms with Gasteiger partial charge in [0, 0.05) is 12.3 Å². The number of aliphatic hydroxyl groups is 1. The first-order valence-electron chi connectivity index (χ1n) is 11.1. The Hall–Kier alpha value is -2.83. The first-order chi connectivity index (χ1) is 16.8. The first kappa shape index (κ1) is 27.8. The third-order valence-electron chi connectivity index (χ3n) is 5.26. The molecule has 1 aromatic carbocycles. The van der Waals surface area contributed by atoms with Crippen LogP contribution in [-0.2, 0) is 23.4 Å². The molecular formula is C22H29FN3O9P. The van der Waals surface area contributed by atoms with E-state index in [2.05, 4.69) is 5.09 Å². The molecule has 0 spiro atoms. The lowest BCUT2D eigenvalue weighted by Crippen LogP contribution is -2.43. The largest absolute Gasteiger partial charge is 0.462 e. The number of para-hydroxylation sites is 1. The summed E-state index contributed by atoms with van der Waals surface area (Å²) in [7, 11) is -4.30. The molecule has 1 saturated heterocycles. The zero-order valence-corrected chi connectivity index (χ0v) is 21.0. The normalized spacial score (nSPS) is 26.4. The number of halogens is 1. The van der Waals surface area contributed by atoms with Crippen molar-refractivity contribution in [2.24, 2.45) is 0 Å². The number of nitrogens with one attached hydrogen (secondary N) is 2. The van der Waals surface area contributed by atoms with Crippen LogP contribution in [0.4, 0.5) is 4.39 Å². The van der Waals surface area contributed by atoms with Crippen molar-refractivity contribution in [3.63, 3.8) is 0 Å². The van der Waals surface area contributed by atoms with Crippen LogP contribution < -0.4 is 20.9 Å². The number of esters is 1. The second kappa shape index (κ2) is 11.1. The maximum Gasteiger partial charge on any atom is 0.459 e. The van der Waals surface area contributed by atoms with Gasteiger partial charge in [-0.25, -0.2) is 13.8 Å². The minimum atomic E-state index is -4.30. The summed E-state index contributed by atoms with van der Waals surface area (Å²) in [4.78, 5) is 37.7. The van der Waals surface area contributed by atoms with Gasteiger partial charge in [-0.15, -0.1) is 0 Å². The number of carbonyl (C=O) groups is 1. The molecule has 12 nitrogen and oxygen atoms in total. The van der Waals surface area contributed by atoms with Crippen LogP contribution >= 0.6 is 7.75 Å². The molecule has 1 aliphatic rings. The van der Waals surface area contributed by atoms with E-state index in [1.165, 1.54) is 19.1 Å². The number of ether oxygens (including phenoxy) is 2. The van der Waals surface area contributed by atoms with E-state index in [9.17, 15) is 24.1 Å². The highest BCUT2D eigenvalue weighted by molar-refractivity contribution is 7.52. The number of aliphatic hydroxyl groups excluding tert-OH is 1. The van der Waals surface area contributed by atoms with Gasteiger partial charge in [0.15, 0.2) is 11.9 Å². The van der Waals surface area contributed by atoms with Crippen molar-refractivity contribution in [2.75, 3.05) is 6.61 Å². The van der Waals surface area contributed by atoms with Gasteiger partial charge in [-0.2, -0.15) is 5.09 Å². The Bertz CT molecular complexity index is 1220. The number of hydrogen-bond donors (Lipinski definition) is 3. The van der Waals surface area contributed by atoms with Gasteiger partial charge in [0.05, 0.1) is 12.7 Å². The van der Waals surface area contributed by atoms with Crippen LogP contribution in [0.5, 0.6) is 5.75 Å². The van der Waals surface area contributed by atoms with Crippen molar-refractivity contribution in [3.05, 3.63) is 63.4 Å². The van der Waals surface area contributed by atoms with E-state index in [0.29, 0.717) is 0 Å². The van der Waals surface area contributed by atoms with E-state index in [0.717, 1.165) is 23.8 Å². The second-order valence-electron chi connectivity index (χ2n) is 8.67. The minimum absolute atomic E-state index is 0.152. The van der Waals surface area contributed by atoms with Crippen molar-refractivity contribution >= 4 is 13.7 Å². The highest BCUT2D eigenvalue weighted by atomic mass is 31.2. The van der Waals surface area contributed by atoms with E-state index in [4.69, 9.17) is 18.5 Å². The molecule has 14 heteroatoms. The molecule has 198 valence electrons. The van der Waals surface area contributed by atoms with E-state index < -0.39 is 67.8 Å². The Morgan fingerprint density at radius 1 is 1.28 bits per heavy atom. The molecule has 2 aromatic rings. The van der Waals surface area contributed by atoms with Crippen molar-refractivity contribution in [1.29, 1.82) is 0 Å². The molecule has 0 radical (unpaired) electrons. The van der Waals surface area contributed by atoms with Crippen LogP contribution in [0.3, 0.4) is 0 Å². The molecule has 0 bridgehead atoms. The SMILES string of the molecule is CC(C)OC(=O)[C@H](C)N[P@](=O)(OC[C@H]1O[C@@H](n2ccc(=O)[nH]c2=O)[C@@](C)(F)[C@H]1O)Oc1ccccc1. The molecule has 0 unspecified atom stereocenters. The summed E-state index contributed by atoms with van der Waals surface area (Å²) in [6.07, 6.45) is -4.21. The summed E-state index contributed by atoms with van der Waals surface area (Å²) in [5, 5.41) is 13.0. The molecule has 6 atom stereocenters. The van der Waals surface area contributed by atoms with Crippen LogP contribution in [-0.4, -0.2) is 57.3 Å². The van der Waals surface area contributed by atoms with Crippen LogP contribution in [0.2, 0.25) is 0 Å². The molecule has 3 N–H and O–H groups in total.